The molecule has 0 radical (unpaired) electrons. The number of ether oxygens (including phenoxy) is 4. The second-order valence-corrected chi connectivity index (χ2v) is 12.5. The third kappa shape index (κ3) is 12.4. The van der Waals surface area contributed by atoms with E-state index in [9.17, 15) is 30.6 Å². The van der Waals surface area contributed by atoms with E-state index < -0.39 is 112 Å². The number of aliphatic hydroxyl groups is 6. The van der Waals surface area contributed by atoms with Crippen LogP contribution in [0.3, 0.4) is 0 Å². The average molecular weight is 693 g/mol. The van der Waals surface area contributed by atoms with Crippen LogP contribution in [0.2, 0.25) is 0 Å². The molecule has 2 aliphatic heterocycles. The summed E-state index contributed by atoms with van der Waals surface area (Å²) >= 11 is 0. The third-order valence-corrected chi connectivity index (χ3v) is 6.95. The lowest BCUT2D eigenvalue weighted by molar-refractivity contribution is -0.319. The van der Waals surface area contributed by atoms with E-state index >= 15 is 0 Å². The monoisotopic (exact) mass is 692 g/mol. The molecule has 0 spiro atoms. The van der Waals surface area contributed by atoms with Crippen molar-refractivity contribution in [1.82, 2.24) is 5.32 Å². The fraction of sp³-hybridized carbons (Fsp3) is 1.00. The van der Waals surface area contributed by atoms with Gasteiger partial charge in [0, 0.05) is 12.1 Å². The van der Waals surface area contributed by atoms with Gasteiger partial charge in [-0.1, -0.05) is 0 Å². The number of nitrogens with two attached hydrogens (primary N) is 3. The number of nitrogens with one attached hydrogen (secondary N) is 1. The molecule has 1 saturated carbocycles. The molecule has 2 heterocycles. The van der Waals surface area contributed by atoms with Crippen LogP contribution in [0.15, 0.2) is 0 Å². The first kappa shape index (κ1) is 41.2. The highest BCUT2D eigenvalue weighted by molar-refractivity contribution is 7.80. The second-order valence-electron chi connectivity index (χ2n) is 10.7. The lowest BCUT2D eigenvalue weighted by atomic mass is 9.84. The zero-order valence-electron chi connectivity index (χ0n) is 23.8. The standard InChI is InChI=1S/C20H40N4O10.2H2O4S/c1-6(25)14-11(27)10(26)9(23)18(32-14)33-15-7(21)4-8(22)16(12(15)28)34-19-13(29)17(24-3)20(2,30)5-31-19;2*1-5(2,3)4/h6-19,24-30H,4-5,21-23H2,1-3H3;2*(H2,1,2,3,4)/t6?,7?,8-,9?,10+,11+,12-,13+,14?,15-,16?,17?,18-,19-,20+;;/m1../s1. The predicted octanol–water partition coefficient (Wildman–Crippen LogP) is -6.92. The molecule has 24 heteroatoms. The van der Waals surface area contributed by atoms with Gasteiger partial charge in [-0.2, -0.15) is 16.8 Å². The smallest absolute Gasteiger partial charge is 0.391 e. The lowest BCUT2D eigenvalue weighted by Gasteiger charge is -2.49. The highest BCUT2D eigenvalue weighted by atomic mass is 32.3. The predicted molar refractivity (Wildman–Crippen MR) is 144 cm³/mol. The molecule has 3 rings (SSSR count). The van der Waals surface area contributed by atoms with Crippen LogP contribution in [-0.4, -0.2) is 171 Å². The zero-order chi connectivity index (χ0) is 34.5. The number of aliphatic hydroxyl groups excluding tert-OH is 5. The minimum Gasteiger partial charge on any atom is -0.391 e. The molecular formula is C20H44N4O18S2. The fourth-order valence-electron chi connectivity index (χ4n) is 4.95. The Bertz CT molecular complexity index is 1050. The van der Waals surface area contributed by atoms with Crippen LogP contribution in [-0.2, 0) is 39.7 Å². The van der Waals surface area contributed by atoms with E-state index in [1.807, 2.05) is 0 Å². The van der Waals surface area contributed by atoms with Crippen molar-refractivity contribution in [3.63, 3.8) is 0 Å². The Kier molecular flexibility index (Phi) is 15.3. The first-order chi connectivity index (χ1) is 19.8. The summed E-state index contributed by atoms with van der Waals surface area (Å²) < 4.78 is 85.9. The van der Waals surface area contributed by atoms with Crippen LogP contribution in [0.25, 0.3) is 0 Å². The van der Waals surface area contributed by atoms with E-state index in [0.717, 1.165) is 0 Å². The van der Waals surface area contributed by atoms with Gasteiger partial charge in [-0.3, -0.25) is 18.2 Å². The van der Waals surface area contributed by atoms with Gasteiger partial charge >= 0.3 is 20.8 Å². The highest BCUT2D eigenvalue weighted by Gasteiger charge is 2.52. The minimum atomic E-state index is -4.67. The van der Waals surface area contributed by atoms with Crippen LogP contribution in [0.5, 0.6) is 0 Å². The topological polar surface area (TPSA) is 398 Å². The molecule has 17 N–H and O–H groups in total. The number of hydrogen-bond donors (Lipinski definition) is 14. The van der Waals surface area contributed by atoms with Crippen molar-refractivity contribution in [2.45, 2.75) is 111 Å². The molecule has 2 saturated heterocycles. The van der Waals surface area contributed by atoms with E-state index in [4.69, 9.17) is 71.2 Å². The van der Waals surface area contributed by atoms with E-state index in [1.54, 1.807) is 7.05 Å². The van der Waals surface area contributed by atoms with Crippen molar-refractivity contribution in [2.24, 2.45) is 17.2 Å². The van der Waals surface area contributed by atoms with Crippen LogP contribution >= 0.6 is 0 Å². The van der Waals surface area contributed by atoms with Crippen molar-refractivity contribution < 1.29 is 84.6 Å². The summed E-state index contributed by atoms with van der Waals surface area (Å²) in [6.45, 7) is 2.75. The second kappa shape index (κ2) is 16.3. The summed E-state index contributed by atoms with van der Waals surface area (Å²) in [6, 6.07) is -3.47. The van der Waals surface area contributed by atoms with Crippen LogP contribution in [0, 0.1) is 0 Å². The summed E-state index contributed by atoms with van der Waals surface area (Å²) in [4.78, 5) is 0. The van der Waals surface area contributed by atoms with Gasteiger partial charge in [-0.15, -0.1) is 0 Å². The van der Waals surface area contributed by atoms with Gasteiger partial charge in [0.1, 0.15) is 48.3 Å². The van der Waals surface area contributed by atoms with E-state index in [-0.39, 0.29) is 13.0 Å². The Morgan fingerprint density at radius 1 is 0.841 bits per heavy atom. The maximum Gasteiger partial charge on any atom is 0.394 e. The summed E-state index contributed by atoms with van der Waals surface area (Å²) in [5, 5.41) is 65.2. The molecule has 1 aliphatic carbocycles. The van der Waals surface area contributed by atoms with Gasteiger partial charge in [-0.25, -0.2) is 0 Å². The molecule has 0 amide bonds. The summed E-state index contributed by atoms with van der Waals surface area (Å²) in [5.41, 5.74) is 17.0. The van der Waals surface area contributed by atoms with Crippen LogP contribution < -0.4 is 22.5 Å². The Hall–Kier alpha value is -0.820. The van der Waals surface area contributed by atoms with Gasteiger partial charge in [0.05, 0.1) is 24.8 Å². The van der Waals surface area contributed by atoms with E-state index in [0.29, 0.717) is 0 Å². The average Bonchev–Trinajstić information content (AvgIpc) is 2.83. The van der Waals surface area contributed by atoms with E-state index in [1.165, 1.54) is 13.8 Å². The molecule has 6 unspecified atom stereocenters. The molecule has 264 valence electrons. The SMILES string of the molecule is CNC1[C@H](O)[C@@H](OC2[C@H](N)CC(N)[C@@H](O[C@H]3OC(C(C)O)[C@@H](O)[C@@H](O)C3N)[C@H]2O)OC[C@]1(C)O.O=S(=O)(O)O.O=S(=O)(O)O. The Labute approximate surface area is 253 Å². The van der Waals surface area contributed by atoms with Crippen molar-refractivity contribution in [3.8, 4) is 0 Å². The molecule has 22 nitrogen and oxygen atoms in total. The first-order valence-corrected chi connectivity index (χ1v) is 15.6. The maximum absolute atomic E-state index is 11.1. The van der Waals surface area contributed by atoms with Crippen LogP contribution in [0.1, 0.15) is 20.3 Å². The molecule has 3 fully saturated rings. The van der Waals surface area contributed by atoms with Crippen LogP contribution in [0.4, 0.5) is 0 Å². The van der Waals surface area contributed by atoms with E-state index in [2.05, 4.69) is 5.32 Å². The highest BCUT2D eigenvalue weighted by Crippen LogP contribution is 2.32. The fourth-order valence-corrected chi connectivity index (χ4v) is 4.95. The first-order valence-electron chi connectivity index (χ1n) is 12.8. The molecule has 3 aliphatic rings. The maximum atomic E-state index is 11.1. The molecule has 0 aromatic rings. The van der Waals surface area contributed by atoms with Gasteiger partial charge < -0.3 is 72.1 Å². The third-order valence-electron chi connectivity index (χ3n) is 6.95. The van der Waals surface area contributed by atoms with Crippen molar-refractivity contribution in [1.29, 1.82) is 0 Å². The summed E-state index contributed by atoms with van der Waals surface area (Å²) in [5.74, 6) is 0. The van der Waals surface area contributed by atoms with Gasteiger partial charge in [0.25, 0.3) is 0 Å². The van der Waals surface area contributed by atoms with Crippen molar-refractivity contribution in [2.75, 3.05) is 13.7 Å². The quantitative estimate of drug-likeness (QED) is 0.115. The number of hydrogen-bond acceptors (Lipinski definition) is 18. The van der Waals surface area contributed by atoms with Gasteiger partial charge in [0.15, 0.2) is 12.6 Å². The minimum absolute atomic E-state index is 0.135. The molecular weight excluding hydrogens is 648 g/mol. The molecule has 44 heavy (non-hydrogen) atoms. The largest absolute Gasteiger partial charge is 0.394 e. The Morgan fingerprint density at radius 2 is 1.27 bits per heavy atom. The molecule has 0 bridgehead atoms. The molecule has 0 aromatic heterocycles. The lowest BCUT2D eigenvalue weighted by Crippen LogP contribution is -2.69. The summed E-state index contributed by atoms with van der Waals surface area (Å²) in [6.07, 6.45) is -12.4. The van der Waals surface area contributed by atoms with Gasteiger partial charge in [0.2, 0.25) is 0 Å². The zero-order valence-corrected chi connectivity index (χ0v) is 25.4. The normalized spacial score (nSPS) is 44.0. The number of rotatable bonds is 6. The van der Waals surface area contributed by atoms with Crippen molar-refractivity contribution in [3.05, 3.63) is 0 Å². The number of likely N-dealkylation sites (N-methyl/N-ethyl adjacent to an activating group) is 1. The van der Waals surface area contributed by atoms with Gasteiger partial charge in [-0.05, 0) is 27.3 Å². The molecule has 15 atom stereocenters. The Balaban J connectivity index is 0.000000837. The summed E-state index contributed by atoms with van der Waals surface area (Å²) in [7, 11) is -7.76. The van der Waals surface area contributed by atoms with Crippen molar-refractivity contribution >= 4 is 20.8 Å². The Morgan fingerprint density at radius 3 is 1.68 bits per heavy atom. The molecule has 0 aromatic carbocycles.